The monoisotopic (exact) mass is 294 g/mol. The molecule has 3 rings (SSSR count). The molecule has 0 saturated heterocycles. The van der Waals surface area contributed by atoms with Crippen LogP contribution in [0.1, 0.15) is 26.3 Å². The summed E-state index contributed by atoms with van der Waals surface area (Å²) in [5.41, 5.74) is 1.67. The molecule has 0 radical (unpaired) electrons. The van der Waals surface area contributed by atoms with Crippen molar-refractivity contribution in [2.75, 3.05) is 14.2 Å². The molecule has 110 valence electrons. The van der Waals surface area contributed by atoms with Gasteiger partial charge in [-0.1, -0.05) is 36.4 Å². The molecule has 4 heteroatoms. The molecule has 1 aliphatic carbocycles. The van der Waals surface area contributed by atoms with E-state index in [4.69, 9.17) is 9.47 Å². The van der Waals surface area contributed by atoms with Gasteiger partial charge in [0.05, 0.1) is 19.8 Å². The van der Waals surface area contributed by atoms with E-state index in [2.05, 4.69) is 0 Å². The van der Waals surface area contributed by atoms with Crippen molar-refractivity contribution in [3.05, 3.63) is 64.7 Å². The summed E-state index contributed by atoms with van der Waals surface area (Å²) in [6.07, 6.45) is 1.56. The van der Waals surface area contributed by atoms with Crippen molar-refractivity contribution in [1.29, 1.82) is 0 Å². The molecule has 1 aliphatic rings. The van der Waals surface area contributed by atoms with Crippen molar-refractivity contribution in [2.45, 2.75) is 0 Å². The minimum Gasteiger partial charge on any atom is -0.493 e. The van der Waals surface area contributed by atoms with Gasteiger partial charge in [-0.25, -0.2) is 0 Å². The molecule has 0 saturated carbocycles. The summed E-state index contributed by atoms with van der Waals surface area (Å²) in [5, 5.41) is 0. The van der Waals surface area contributed by atoms with Gasteiger partial charge in [-0.15, -0.1) is 0 Å². The average molecular weight is 294 g/mol. The van der Waals surface area contributed by atoms with Gasteiger partial charge in [0.1, 0.15) is 0 Å². The van der Waals surface area contributed by atoms with Crippen LogP contribution in [0.5, 0.6) is 11.5 Å². The molecule has 2 aromatic rings. The lowest BCUT2D eigenvalue weighted by atomic mass is 10.1. The lowest BCUT2D eigenvalue weighted by Gasteiger charge is -2.10. The Morgan fingerprint density at radius 1 is 0.818 bits per heavy atom. The van der Waals surface area contributed by atoms with Crippen molar-refractivity contribution in [1.82, 2.24) is 0 Å². The minimum absolute atomic E-state index is 0.146. The first-order valence-electron chi connectivity index (χ1n) is 6.78. The largest absolute Gasteiger partial charge is 0.493 e. The van der Waals surface area contributed by atoms with Crippen molar-refractivity contribution >= 4 is 17.6 Å². The molecule has 4 nitrogen and oxygen atoms in total. The van der Waals surface area contributed by atoms with Gasteiger partial charge in [-0.2, -0.15) is 0 Å². The number of ether oxygens (including phenoxy) is 2. The van der Waals surface area contributed by atoms with E-state index in [-0.39, 0.29) is 17.1 Å². The number of rotatable bonds is 3. The third-order valence-corrected chi connectivity index (χ3v) is 3.64. The first-order chi connectivity index (χ1) is 10.7. The van der Waals surface area contributed by atoms with Crippen LogP contribution in [-0.4, -0.2) is 25.8 Å². The van der Waals surface area contributed by atoms with Crippen LogP contribution >= 0.6 is 0 Å². The zero-order chi connectivity index (χ0) is 15.7. The van der Waals surface area contributed by atoms with Gasteiger partial charge in [0, 0.05) is 16.7 Å². The predicted octanol–water partition coefficient (Wildman–Crippen LogP) is 3.17. The fourth-order valence-electron chi connectivity index (χ4n) is 2.58. The van der Waals surface area contributed by atoms with Crippen molar-refractivity contribution in [2.24, 2.45) is 0 Å². The van der Waals surface area contributed by atoms with Gasteiger partial charge in [-0.05, 0) is 12.1 Å². The summed E-state index contributed by atoms with van der Waals surface area (Å²) < 4.78 is 10.6. The van der Waals surface area contributed by atoms with Crippen LogP contribution in [0.15, 0.2) is 48.0 Å². The molecule has 2 aromatic carbocycles. The first kappa shape index (κ1) is 14.1. The maximum absolute atomic E-state index is 12.4. The molecular formula is C18H14O4. The molecule has 0 atom stereocenters. The van der Waals surface area contributed by atoms with Crippen LogP contribution in [0.3, 0.4) is 0 Å². The van der Waals surface area contributed by atoms with E-state index in [1.54, 1.807) is 48.5 Å². The number of carbonyl (C=O) groups is 2. The van der Waals surface area contributed by atoms with Crippen LogP contribution in [0.25, 0.3) is 6.08 Å². The van der Waals surface area contributed by atoms with Crippen molar-refractivity contribution in [3.63, 3.8) is 0 Å². The third kappa shape index (κ3) is 2.09. The fourth-order valence-corrected chi connectivity index (χ4v) is 2.58. The second-order valence-electron chi connectivity index (χ2n) is 4.84. The number of fused-ring (bicyclic) bond motifs is 1. The number of ketones is 2. The van der Waals surface area contributed by atoms with E-state index in [9.17, 15) is 9.59 Å². The van der Waals surface area contributed by atoms with Crippen LogP contribution in [0.4, 0.5) is 0 Å². The van der Waals surface area contributed by atoms with Crippen molar-refractivity contribution < 1.29 is 19.1 Å². The van der Waals surface area contributed by atoms with Gasteiger partial charge in [0.2, 0.25) is 0 Å². The summed E-state index contributed by atoms with van der Waals surface area (Å²) >= 11 is 0. The van der Waals surface area contributed by atoms with E-state index in [0.29, 0.717) is 28.2 Å². The number of benzene rings is 2. The standard InChI is InChI=1S/C18H14O4/c1-21-15-9-5-6-11(18(15)22-2)10-14-16(19)12-7-3-4-8-13(12)17(14)20/h3-10H,1-2H3. The Morgan fingerprint density at radius 2 is 1.45 bits per heavy atom. The van der Waals surface area contributed by atoms with E-state index in [1.165, 1.54) is 14.2 Å². The molecule has 0 aliphatic heterocycles. The summed E-state index contributed by atoms with van der Waals surface area (Å²) in [6, 6.07) is 12.1. The molecule has 0 unspecified atom stereocenters. The molecular weight excluding hydrogens is 280 g/mol. The average Bonchev–Trinajstić information content (AvgIpc) is 2.80. The van der Waals surface area contributed by atoms with Gasteiger partial charge >= 0.3 is 0 Å². The van der Waals surface area contributed by atoms with E-state index < -0.39 is 0 Å². The molecule has 0 N–H and O–H groups in total. The number of methoxy groups -OCH3 is 2. The highest BCUT2D eigenvalue weighted by atomic mass is 16.5. The van der Waals surface area contributed by atoms with Gasteiger partial charge in [0.15, 0.2) is 23.1 Å². The van der Waals surface area contributed by atoms with Crippen LogP contribution in [0.2, 0.25) is 0 Å². The Kier molecular flexibility index (Phi) is 3.51. The number of Topliss-reactive ketones (excluding diaryl/α,β-unsaturated/α-hetero) is 2. The number of allylic oxidation sites excluding steroid dienone is 1. The summed E-state index contributed by atoms with van der Waals surface area (Å²) in [6.45, 7) is 0. The maximum Gasteiger partial charge on any atom is 0.197 e. The minimum atomic E-state index is -0.259. The zero-order valence-corrected chi connectivity index (χ0v) is 12.3. The summed E-state index contributed by atoms with van der Waals surface area (Å²) in [5.74, 6) is 0.525. The Hall–Kier alpha value is -2.88. The zero-order valence-electron chi connectivity index (χ0n) is 12.3. The topological polar surface area (TPSA) is 52.6 Å². The predicted molar refractivity (Wildman–Crippen MR) is 82.6 cm³/mol. The van der Waals surface area contributed by atoms with Crippen LogP contribution in [0, 0.1) is 0 Å². The number of hydrogen-bond donors (Lipinski definition) is 0. The lowest BCUT2D eigenvalue weighted by Crippen LogP contribution is -2.01. The Bertz CT molecular complexity index is 765. The lowest BCUT2D eigenvalue weighted by molar-refractivity contribution is 0.0990. The summed E-state index contributed by atoms with van der Waals surface area (Å²) in [7, 11) is 3.06. The van der Waals surface area contributed by atoms with Gasteiger partial charge in [-0.3, -0.25) is 9.59 Å². The maximum atomic E-state index is 12.4. The molecule has 0 aromatic heterocycles. The number of hydrogen-bond acceptors (Lipinski definition) is 4. The molecule has 0 heterocycles. The molecule has 0 amide bonds. The molecule has 22 heavy (non-hydrogen) atoms. The smallest absolute Gasteiger partial charge is 0.197 e. The SMILES string of the molecule is COc1cccc(C=C2C(=O)c3ccccc3C2=O)c1OC. The first-order valence-corrected chi connectivity index (χ1v) is 6.78. The summed E-state index contributed by atoms with van der Waals surface area (Å²) in [4.78, 5) is 24.8. The normalized spacial score (nSPS) is 13.1. The number of carbonyl (C=O) groups excluding carboxylic acids is 2. The third-order valence-electron chi connectivity index (χ3n) is 3.64. The Labute approximate surface area is 128 Å². The highest BCUT2D eigenvalue weighted by Crippen LogP contribution is 2.34. The second kappa shape index (κ2) is 5.48. The van der Waals surface area contributed by atoms with Crippen LogP contribution in [-0.2, 0) is 0 Å². The van der Waals surface area contributed by atoms with Crippen molar-refractivity contribution in [3.8, 4) is 11.5 Å². The highest BCUT2D eigenvalue weighted by Gasteiger charge is 2.32. The fraction of sp³-hybridized carbons (Fsp3) is 0.111. The molecule has 0 fully saturated rings. The highest BCUT2D eigenvalue weighted by molar-refractivity contribution is 6.41. The quantitative estimate of drug-likeness (QED) is 0.644. The van der Waals surface area contributed by atoms with Gasteiger partial charge < -0.3 is 9.47 Å². The molecule has 0 bridgehead atoms. The second-order valence-corrected chi connectivity index (χ2v) is 4.84. The Balaban J connectivity index is 2.12. The van der Waals surface area contributed by atoms with E-state index in [0.717, 1.165) is 0 Å². The van der Waals surface area contributed by atoms with E-state index in [1.807, 2.05) is 0 Å². The number of para-hydroxylation sites is 1. The van der Waals surface area contributed by atoms with Gasteiger partial charge in [0.25, 0.3) is 0 Å². The van der Waals surface area contributed by atoms with E-state index >= 15 is 0 Å². The van der Waals surface area contributed by atoms with Crippen LogP contribution < -0.4 is 9.47 Å². The Morgan fingerprint density at radius 3 is 2.00 bits per heavy atom. The molecule has 0 spiro atoms.